The smallest absolute Gasteiger partial charge is 0.252 e. The van der Waals surface area contributed by atoms with Gasteiger partial charge in [0.1, 0.15) is 5.01 Å². The maximum Gasteiger partial charge on any atom is 0.252 e. The summed E-state index contributed by atoms with van der Waals surface area (Å²) in [5.41, 5.74) is 2.60. The molecule has 3 aromatic rings. The SMILES string of the molecule is Cc1nc(-c2cccnc2)sc1CCNC(=O)c1cccnc1. The van der Waals surface area contributed by atoms with Gasteiger partial charge in [-0.1, -0.05) is 0 Å². The molecule has 0 aliphatic rings. The van der Waals surface area contributed by atoms with Crippen LogP contribution in [0.1, 0.15) is 20.9 Å². The lowest BCUT2D eigenvalue weighted by atomic mass is 10.2. The first kappa shape index (κ1) is 15.3. The molecule has 0 fully saturated rings. The molecule has 0 saturated heterocycles. The average Bonchev–Trinajstić information content (AvgIpc) is 2.97. The summed E-state index contributed by atoms with van der Waals surface area (Å²) < 4.78 is 0. The summed E-state index contributed by atoms with van der Waals surface area (Å²) in [4.78, 5) is 25.8. The van der Waals surface area contributed by atoms with E-state index < -0.39 is 0 Å². The summed E-state index contributed by atoms with van der Waals surface area (Å²) in [5.74, 6) is -0.104. The van der Waals surface area contributed by atoms with Crippen LogP contribution in [0.25, 0.3) is 10.6 Å². The fourth-order valence-electron chi connectivity index (χ4n) is 2.16. The molecule has 1 amide bonds. The van der Waals surface area contributed by atoms with Crippen LogP contribution < -0.4 is 5.32 Å². The van der Waals surface area contributed by atoms with Gasteiger partial charge in [0.2, 0.25) is 0 Å². The molecular weight excluding hydrogens is 308 g/mol. The number of carbonyl (C=O) groups excluding carboxylic acids is 1. The molecule has 3 heterocycles. The molecular formula is C17H16N4OS. The summed E-state index contributed by atoms with van der Waals surface area (Å²) in [6.07, 6.45) is 7.53. The minimum Gasteiger partial charge on any atom is -0.352 e. The average molecular weight is 324 g/mol. The molecule has 0 aliphatic carbocycles. The summed E-state index contributed by atoms with van der Waals surface area (Å²) in [5, 5.41) is 3.87. The van der Waals surface area contributed by atoms with Crippen molar-refractivity contribution < 1.29 is 4.79 Å². The van der Waals surface area contributed by atoms with Gasteiger partial charge in [-0.2, -0.15) is 0 Å². The Bertz CT molecular complexity index is 787. The van der Waals surface area contributed by atoms with Crippen LogP contribution in [0, 0.1) is 6.92 Å². The van der Waals surface area contributed by atoms with Crippen molar-refractivity contribution in [3.8, 4) is 10.6 Å². The fourth-order valence-corrected chi connectivity index (χ4v) is 3.21. The standard InChI is InChI=1S/C17H16N4OS/c1-12-15(23-17(21-12)14-5-3-8-19-11-14)6-9-20-16(22)13-4-2-7-18-10-13/h2-5,7-8,10-11H,6,9H2,1H3,(H,20,22). The van der Waals surface area contributed by atoms with Crippen LogP contribution in [-0.4, -0.2) is 27.4 Å². The second-order valence-corrected chi connectivity index (χ2v) is 6.10. The van der Waals surface area contributed by atoms with E-state index in [1.54, 1.807) is 42.1 Å². The number of hydrogen-bond donors (Lipinski definition) is 1. The third kappa shape index (κ3) is 3.78. The molecule has 116 valence electrons. The van der Waals surface area contributed by atoms with E-state index in [1.165, 1.54) is 4.88 Å². The summed E-state index contributed by atoms with van der Waals surface area (Å²) in [7, 11) is 0. The normalized spacial score (nSPS) is 10.5. The summed E-state index contributed by atoms with van der Waals surface area (Å²) in [6.45, 7) is 2.57. The predicted octanol–water partition coefficient (Wildman–Crippen LogP) is 2.88. The van der Waals surface area contributed by atoms with Gasteiger partial charge in [0.25, 0.3) is 5.91 Å². The lowest BCUT2D eigenvalue weighted by Crippen LogP contribution is -2.25. The van der Waals surface area contributed by atoms with Crippen LogP contribution in [0.2, 0.25) is 0 Å². The van der Waals surface area contributed by atoms with Gasteiger partial charge < -0.3 is 5.32 Å². The molecule has 3 aromatic heterocycles. The van der Waals surface area contributed by atoms with Gasteiger partial charge in [0, 0.05) is 48.2 Å². The topological polar surface area (TPSA) is 67.8 Å². The number of pyridine rings is 2. The summed E-state index contributed by atoms with van der Waals surface area (Å²) in [6, 6.07) is 7.41. The zero-order valence-corrected chi connectivity index (χ0v) is 13.5. The van der Waals surface area contributed by atoms with E-state index in [4.69, 9.17) is 0 Å². The number of nitrogens with one attached hydrogen (secondary N) is 1. The van der Waals surface area contributed by atoms with E-state index in [-0.39, 0.29) is 5.91 Å². The van der Waals surface area contributed by atoms with Crippen molar-refractivity contribution >= 4 is 17.2 Å². The molecule has 0 bridgehead atoms. The number of hydrogen-bond acceptors (Lipinski definition) is 5. The van der Waals surface area contributed by atoms with Gasteiger partial charge in [-0.05, 0) is 31.2 Å². The molecule has 0 aliphatic heterocycles. The molecule has 0 aromatic carbocycles. The molecule has 0 spiro atoms. The maximum atomic E-state index is 12.0. The van der Waals surface area contributed by atoms with Crippen LogP contribution in [0.4, 0.5) is 0 Å². The molecule has 6 heteroatoms. The molecule has 0 atom stereocenters. The predicted molar refractivity (Wildman–Crippen MR) is 90.4 cm³/mol. The van der Waals surface area contributed by atoms with E-state index in [0.717, 1.165) is 22.7 Å². The van der Waals surface area contributed by atoms with E-state index >= 15 is 0 Å². The van der Waals surface area contributed by atoms with Gasteiger partial charge in [0.05, 0.1) is 11.3 Å². The van der Waals surface area contributed by atoms with Crippen molar-refractivity contribution in [2.75, 3.05) is 6.54 Å². The van der Waals surface area contributed by atoms with E-state index in [9.17, 15) is 4.79 Å². The van der Waals surface area contributed by atoms with Gasteiger partial charge in [-0.3, -0.25) is 14.8 Å². The number of aryl methyl sites for hydroxylation is 1. The first-order valence-electron chi connectivity index (χ1n) is 7.29. The highest BCUT2D eigenvalue weighted by Crippen LogP contribution is 2.27. The highest BCUT2D eigenvalue weighted by Gasteiger charge is 2.10. The van der Waals surface area contributed by atoms with Crippen molar-refractivity contribution in [3.05, 3.63) is 65.2 Å². The minimum atomic E-state index is -0.104. The van der Waals surface area contributed by atoms with E-state index in [2.05, 4.69) is 20.3 Å². The highest BCUT2D eigenvalue weighted by atomic mass is 32.1. The van der Waals surface area contributed by atoms with Crippen LogP contribution >= 0.6 is 11.3 Å². The number of nitrogens with zero attached hydrogens (tertiary/aromatic N) is 3. The third-order valence-corrected chi connectivity index (χ3v) is 4.63. The quantitative estimate of drug-likeness (QED) is 0.783. The van der Waals surface area contributed by atoms with E-state index in [1.807, 2.05) is 25.3 Å². The Balaban J connectivity index is 1.61. The molecule has 5 nitrogen and oxygen atoms in total. The first-order chi connectivity index (χ1) is 11.2. The third-order valence-electron chi connectivity index (χ3n) is 3.36. The van der Waals surface area contributed by atoms with Gasteiger partial charge in [0.15, 0.2) is 0 Å². The first-order valence-corrected chi connectivity index (χ1v) is 8.10. The Morgan fingerprint density at radius 1 is 1.17 bits per heavy atom. The second-order valence-electron chi connectivity index (χ2n) is 5.02. The Labute approximate surface area is 138 Å². The molecule has 3 rings (SSSR count). The monoisotopic (exact) mass is 324 g/mol. The molecule has 0 radical (unpaired) electrons. The Kier molecular flexibility index (Phi) is 4.73. The molecule has 0 unspecified atom stereocenters. The summed E-state index contributed by atoms with van der Waals surface area (Å²) >= 11 is 1.65. The Morgan fingerprint density at radius 3 is 2.65 bits per heavy atom. The molecule has 0 saturated carbocycles. The number of carbonyl (C=O) groups is 1. The number of rotatable bonds is 5. The molecule has 1 N–H and O–H groups in total. The van der Waals surface area contributed by atoms with Gasteiger partial charge in [-0.25, -0.2) is 4.98 Å². The Hall–Kier alpha value is -2.60. The van der Waals surface area contributed by atoms with Gasteiger partial charge in [-0.15, -0.1) is 11.3 Å². The van der Waals surface area contributed by atoms with Crippen molar-refractivity contribution in [1.82, 2.24) is 20.3 Å². The highest BCUT2D eigenvalue weighted by molar-refractivity contribution is 7.15. The van der Waals surface area contributed by atoms with Crippen molar-refractivity contribution in [3.63, 3.8) is 0 Å². The lowest BCUT2D eigenvalue weighted by Gasteiger charge is -2.04. The van der Waals surface area contributed by atoms with Crippen LogP contribution in [-0.2, 0) is 6.42 Å². The fraction of sp³-hybridized carbons (Fsp3) is 0.176. The van der Waals surface area contributed by atoms with Gasteiger partial charge >= 0.3 is 0 Å². The molecule has 23 heavy (non-hydrogen) atoms. The van der Waals surface area contributed by atoms with Crippen molar-refractivity contribution in [2.45, 2.75) is 13.3 Å². The number of thiazole rings is 1. The zero-order chi connectivity index (χ0) is 16.1. The number of amides is 1. The lowest BCUT2D eigenvalue weighted by molar-refractivity contribution is 0.0954. The zero-order valence-electron chi connectivity index (χ0n) is 12.7. The van der Waals surface area contributed by atoms with Crippen LogP contribution in [0.3, 0.4) is 0 Å². The number of aromatic nitrogens is 3. The van der Waals surface area contributed by atoms with Crippen LogP contribution in [0.5, 0.6) is 0 Å². The second kappa shape index (κ2) is 7.11. The Morgan fingerprint density at radius 2 is 1.96 bits per heavy atom. The minimum absolute atomic E-state index is 0.104. The van der Waals surface area contributed by atoms with Crippen LogP contribution in [0.15, 0.2) is 49.1 Å². The van der Waals surface area contributed by atoms with Crippen molar-refractivity contribution in [1.29, 1.82) is 0 Å². The maximum absolute atomic E-state index is 12.0. The van der Waals surface area contributed by atoms with Crippen molar-refractivity contribution in [2.24, 2.45) is 0 Å². The largest absolute Gasteiger partial charge is 0.352 e. The van der Waals surface area contributed by atoms with E-state index in [0.29, 0.717) is 12.1 Å².